The van der Waals surface area contributed by atoms with Gasteiger partial charge in [0.2, 0.25) is 0 Å². The molecule has 4 heteroatoms. The van der Waals surface area contributed by atoms with Crippen LogP contribution in [0.15, 0.2) is 30.5 Å². The molecule has 0 bridgehead atoms. The molecule has 1 saturated heterocycles. The zero-order valence-electron chi connectivity index (χ0n) is 10.4. The molecule has 1 aromatic carbocycles. The van der Waals surface area contributed by atoms with Gasteiger partial charge < -0.3 is 15.0 Å². The normalized spacial score (nSPS) is 19.1. The standard InChI is InChI=1S/C14H17N3O/c1-18-13-7-3-2-5-10(13)14-16-9-12(17-14)11-6-4-8-15-11/h2-3,5,7,9,11,15H,4,6,8H2,1H3,(H,16,17). The summed E-state index contributed by atoms with van der Waals surface area (Å²) >= 11 is 0. The first-order valence-corrected chi connectivity index (χ1v) is 6.30. The van der Waals surface area contributed by atoms with Gasteiger partial charge in [0.15, 0.2) is 0 Å². The van der Waals surface area contributed by atoms with Crippen LogP contribution in [0.1, 0.15) is 24.6 Å². The summed E-state index contributed by atoms with van der Waals surface area (Å²) < 4.78 is 5.36. The van der Waals surface area contributed by atoms with Gasteiger partial charge in [0.05, 0.1) is 24.6 Å². The number of para-hydroxylation sites is 1. The molecule has 18 heavy (non-hydrogen) atoms. The van der Waals surface area contributed by atoms with Gasteiger partial charge in [-0.3, -0.25) is 0 Å². The van der Waals surface area contributed by atoms with Gasteiger partial charge >= 0.3 is 0 Å². The van der Waals surface area contributed by atoms with Gasteiger partial charge in [-0.1, -0.05) is 12.1 Å². The fourth-order valence-corrected chi connectivity index (χ4v) is 2.44. The Morgan fingerprint density at radius 3 is 3.00 bits per heavy atom. The summed E-state index contributed by atoms with van der Waals surface area (Å²) in [5, 5.41) is 3.46. The maximum atomic E-state index is 5.36. The number of H-pyrrole nitrogens is 1. The number of benzene rings is 1. The number of rotatable bonds is 3. The van der Waals surface area contributed by atoms with E-state index in [1.165, 1.54) is 12.8 Å². The lowest BCUT2D eigenvalue weighted by Crippen LogP contribution is -2.12. The highest BCUT2D eigenvalue weighted by molar-refractivity contribution is 5.64. The summed E-state index contributed by atoms with van der Waals surface area (Å²) in [6.07, 6.45) is 4.33. The van der Waals surface area contributed by atoms with Crippen molar-refractivity contribution in [3.63, 3.8) is 0 Å². The summed E-state index contributed by atoms with van der Waals surface area (Å²) in [5.74, 6) is 1.72. The first-order chi connectivity index (χ1) is 8.88. The summed E-state index contributed by atoms with van der Waals surface area (Å²) in [5.41, 5.74) is 2.16. The van der Waals surface area contributed by atoms with E-state index in [2.05, 4.69) is 15.3 Å². The fraction of sp³-hybridized carbons (Fsp3) is 0.357. The van der Waals surface area contributed by atoms with Crippen molar-refractivity contribution in [3.8, 4) is 17.1 Å². The lowest BCUT2D eigenvalue weighted by atomic mass is 10.2. The molecular weight excluding hydrogens is 226 g/mol. The van der Waals surface area contributed by atoms with Crippen molar-refractivity contribution in [1.29, 1.82) is 0 Å². The minimum atomic E-state index is 0.418. The Bertz CT molecular complexity index is 529. The molecule has 1 unspecified atom stereocenters. The van der Waals surface area contributed by atoms with Gasteiger partial charge in [0.25, 0.3) is 0 Å². The molecule has 1 fully saturated rings. The zero-order chi connectivity index (χ0) is 12.4. The smallest absolute Gasteiger partial charge is 0.141 e. The minimum Gasteiger partial charge on any atom is -0.496 e. The van der Waals surface area contributed by atoms with Crippen molar-refractivity contribution in [3.05, 3.63) is 36.2 Å². The van der Waals surface area contributed by atoms with E-state index >= 15 is 0 Å². The van der Waals surface area contributed by atoms with Crippen molar-refractivity contribution < 1.29 is 4.74 Å². The highest BCUT2D eigenvalue weighted by atomic mass is 16.5. The Morgan fingerprint density at radius 1 is 1.33 bits per heavy atom. The van der Waals surface area contributed by atoms with E-state index in [0.717, 1.165) is 29.4 Å². The van der Waals surface area contributed by atoms with E-state index in [-0.39, 0.29) is 0 Å². The molecule has 4 nitrogen and oxygen atoms in total. The largest absolute Gasteiger partial charge is 0.496 e. The number of nitrogens with one attached hydrogen (secondary N) is 2. The number of aromatic nitrogens is 2. The summed E-state index contributed by atoms with van der Waals surface area (Å²) in [4.78, 5) is 7.86. The van der Waals surface area contributed by atoms with Crippen LogP contribution in [-0.2, 0) is 0 Å². The van der Waals surface area contributed by atoms with Gasteiger partial charge in [-0.25, -0.2) is 4.98 Å². The molecule has 0 radical (unpaired) electrons. The summed E-state index contributed by atoms with van der Waals surface area (Å²) in [6.45, 7) is 1.09. The minimum absolute atomic E-state index is 0.418. The molecule has 3 rings (SSSR count). The number of hydrogen-bond donors (Lipinski definition) is 2. The molecule has 2 N–H and O–H groups in total. The molecule has 2 heterocycles. The summed E-state index contributed by atoms with van der Waals surface area (Å²) in [6, 6.07) is 8.34. The molecule has 1 aliphatic heterocycles. The molecule has 1 atom stereocenters. The Kier molecular flexibility index (Phi) is 3.02. The molecule has 0 spiro atoms. The fourth-order valence-electron chi connectivity index (χ4n) is 2.44. The van der Waals surface area contributed by atoms with Gasteiger partial charge in [0, 0.05) is 6.04 Å². The van der Waals surface area contributed by atoms with Crippen LogP contribution in [0.5, 0.6) is 5.75 Å². The van der Waals surface area contributed by atoms with E-state index in [4.69, 9.17) is 4.74 Å². The number of aromatic amines is 1. The lowest BCUT2D eigenvalue weighted by molar-refractivity contribution is 0.416. The highest BCUT2D eigenvalue weighted by Crippen LogP contribution is 2.29. The molecule has 94 valence electrons. The van der Waals surface area contributed by atoms with E-state index in [0.29, 0.717) is 6.04 Å². The van der Waals surface area contributed by atoms with Crippen LogP contribution < -0.4 is 10.1 Å². The molecule has 2 aromatic rings. The molecular formula is C14H17N3O. The average Bonchev–Trinajstić information content (AvgIpc) is 3.09. The zero-order valence-corrected chi connectivity index (χ0v) is 10.4. The van der Waals surface area contributed by atoms with Crippen molar-refractivity contribution in [1.82, 2.24) is 15.3 Å². The van der Waals surface area contributed by atoms with Crippen LogP contribution in [-0.4, -0.2) is 23.6 Å². The second kappa shape index (κ2) is 4.82. The highest BCUT2D eigenvalue weighted by Gasteiger charge is 2.19. The lowest BCUT2D eigenvalue weighted by Gasteiger charge is -2.07. The summed E-state index contributed by atoms with van der Waals surface area (Å²) in [7, 11) is 1.68. The monoisotopic (exact) mass is 243 g/mol. The first-order valence-electron chi connectivity index (χ1n) is 6.30. The third kappa shape index (κ3) is 1.99. The van der Waals surface area contributed by atoms with Crippen molar-refractivity contribution in [2.24, 2.45) is 0 Å². The Morgan fingerprint density at radius 2 is 2.22 bits per heavy atom. The van der Waals surface area contributed by atoms with E-state index in [1.807, 2.05) is 30.5 Å². The predicted molar refractivity (Wildman–Crippen MR) is 70.6 cm³/mol. The van der Waals surface area contributed by atoms with Crippen LogP contribution in [0.4, 0.5) is 0 Å². The Balaban J connectivity index is 1.92. The third-order valence-electron chi connectivity index (χ3n) is 3.39. The molecule has 1 aromatic heterocycles. The van der Waals surface area contributed by atoms with Crippen LogP contribution >= 0.6 is 0 Å². The molecule has 0 saturated carbocycles. The van der Waals surface area contributed by atoms with Crippen molar-refractivity contribution in [2.75, 3.05) is 13.7 Å². The maximum Gasteiger partial charge on any atom is 0.141 e. The average molecular weight is 243 g/mol. The predicted octanol–water partition coefficient (Wildman–Crippen LogP) is 2.51. The maximum absolute atomic E-state index is 5.36. The number of methoxy groups -OCH3 is 1. The van der Waals surface area contributed by atoms with Gasteiger partial charge in [-0.05, 0) is 31.5 Å². The Hall–Kier alpha value is -1.81. The second-order valence-corrected chi connectivity index (χ2v) is 4.54. The van der Waals surface area contributed by atoms with Crippen molar-refractivity contribution >= 4 is 0 Å². The first kappa shape index (κ1) is 11.3. The molecule has 0 amide bonds. The van der Waals surface area contributed by atoms with E-state index in [9.17, 15) is 0 Å². The van der Waals surface area contributed by atoms with Gasteiger partial charge in [-0.15, -0.1) is 0 Å². The van der Waals surface area contributed by atoms with Crippen LogP contribution in [0, 0.1) is 0 Å². The quantitative estimate of drug-likeness (QED) is 0.870. The molecule has 1 aliphatic rings. The number of hydrogen-bond acceptors (Lipinski definition) is 3. The third-order valence-corrected chi connectivity index (χ3v) is 3.39. The molecule has 0 aliphatic carbocycles. The van der Waals surface area contributed by atoms with Crippen LogP contribution in [0.2, 0.25) is 0 Å². The second-order valence-electron chi connectivity index (χ2n) is 4.54. The number of imidazole rings is 1. The van der Waals surface area contributed by atoms with E-state index < -0.39 is 0 Å². The van der Waals surface area contributed by atoms with E-state index in [1.54, 1.807) is 7.11 Å². The SMILES string of the molecule is COc1ccccc1-c1ncc(C2CCCN2)[nH]1. The topological polar surface area (TPSA) is 49.9 Å². The van der Waals surface area contributed by atoms with Gasteiger partial charge in [0.1, 0.15) is 11.6 Å². The van der Waals surface area contributed by atoms with Crippen LogP contribution in [0.3, 0.4) is 0 Å². The van der Waals surface area contributed by atoms with Crippen LogP contribution in [0.25, 0.3) is 11.4 Å². The van der Waals surface area contributed by atoms with Gasteiger partial charge in [-0.2, -0.15) is 0 Å². The number of nitrogens with zero attached hydrogens (tertiary/aromatic N) is 1. The van der Waals surface area contributed by atoms with Crippen molar-refractivity contribution in [2.45, 2.75) is 18.9 Å². The number of ether oxygens (including phenoxy) is 1. The Labute approximate surface area is 106 Å².